The molecule has 0 amide bonds. The molecule has 3 heteroatoms. The molecule has 2 rings (SSSR count). The minimum atomic E-state index is 0.0716. The van der Waals surface area contributed by atoms with E-state index in [1.165, 1.54) is 15.3 Å². The SMILES string of the molecule is CSc1ccccc1C(Cl)Cc1cccs1. The van der Waals surface area contributed by atoms with Crippen molar-refractivity contribution in [3.05, 3.63) is 52.2 Å². The minimum absolute atomic E-state index is 0.0716. The molecule has 0 saturated carbocycles. The monoisotopic (exact) mass is 268 g/mol. The van der Waals surface area contributed by atoms with Gasteiger partial charge in [0.15, 0.2) is 0 Å². The lowest BCUT2D eigenvalue weighted by molar-refractivity contribution is 0.912. The Morgan fingerprint density at radius 2 is 2.06 bits per heavy atom. The standard InChI is InChI=1S/C13H13ClS2/c1-15-13-7-3-2-6-11(13)12(14)9-10-5-4-8-16-10/h2-8,12H,9H2,1H3. The maximum absolute atomic E-state index is 6.47. The van der Waals surface area contributed by atoms with E-state index >= 15 is 0 Å². The average molecular weight is 269 g/mol. The van der Waals surface area contributed by atoms with Gasteiger partial charge < -0.3 is 0 Å². The molecule has 0 nitrogen and oxygen atoms in total. The van der Waals surface area contributed by atoms with Crippen LogP contribution in [-0.2, 0) is 6.42 Å². The number of halogens is 1. The number of rotatable bonds is 4. The highest BCUT2D eigenvalue weighted by Crippen LogP contribution is 2.33. The van der Waals surface area contributed by atoms with Gasteiger partial charge in [-0.3, -0.25) is 0 Å². The number of thiophene rings is 1. The molecule has 1 unspecified atom stereocenters. The maximum atomic E-state index is 6.47. The van der Waals surface area contributed by atoms with Crippen LogP contribution in [0.5, 0.6) is 0 Å². The topological polar surface area (TPSA) is 0 Å². The second-order valence-electron chi connectivity index (χ2n) is 3.49. The lowest BCUT2D eigenvalue weighted by atomic mass is 10.1. The molecule has 1 heterocycles. The van der Waals surface area contributed by atoms with Crippen LogP contribution in [0.4, 0.5) is 0 Å². The summed E-state index contributed by atoms with van der Waals surface area (Å²) < 4.78 is 0. The van der Waals surface area contributed by atoms with Gasteiger partial charge in [-0.05, 0) is 29.3 Å². The van der Waals surface area contributed by atoms with Crippen LogP contribution in [0.3, 0.4) is 0 Å². The summed E-state index contributed by atoms with van der Waals surface area (Å²) in [7, 11) is 0. The molecule has 0 aliphatic heterocycles. The molecule has 0 bridgehead atoms. The largest absolute Gasteiger partial charge is 0.149 e. The molecule has 0 spiro atoms. The van der Waals surface area contributed by atoms with Crippen molar-refractivity contribution in [2.75, 3.05) is 6.26 Å². The summed E-state index contributed by atoms with van der Waals surface area (Å²) in [4.78, 5) is 2.62. The van der Waals surface area contributed by atoms with Gasteiger partial charge in [0.05, 0.1) is 5.38 Å². The first-order valence-corrected chi connectivity index (χ1v) is 7.64. The van der Waals surface area contributed by atoms with E-state index in [1.54, 1.807) is 23.1 Å². The molecule has 2 aromatic rings. The van der Waals surface area contributed by atoms with Crippen LogP contribution in [0.2, 0.25) is 0 Å². The molecule has 0 aliphatic carbocycles. The molecule has 0 saturated heterocycles. The zero-order valence-corrected chi connectivity index (χ0v) is 11.4. The van der Waals surface area contributed by atoms with Crippen LogP contribution in [0.25, 0.3) is 0 Å². The minimum Gasteiger partial charge on any atom is -0.149 e. The summed E-state index contributed by atoms with van der Waals surface area (Å²) in [6, 6.07) is 12.6. The molecule has 1 aromatic heterocycles. The first-order chi connectivity index (χ1) is 7.81. The first kappa shape index (κ1) is 12.0. The van der Waals surface area contributed by atoms with Gasteiger partial charge in [0.25, 0.3) is 0 Å². The molecule has 1 aromatic carbocycles. The number of hydrogen-bond acceptors (Lipinski definition) is 2. The van der Waals surface area contributed by atoms with Crippen molar-refractivity contribution in [3.8, 4) is 0 Å². The van der Waals surface area contributed by atoms with Gasteiger partial charge in [0, 0.05) is 16.2 Å². The van der Waals surface area contributed by atoms with Crippen molar-refractivity contribution in [2.45, 2.75) is 16.7 Å². The molecular formula is C13H13ClS2. The van der Waals surface area contributed by atoms with Crippen LogP contribution < -0.4 is 0 Å². The smallest absolute Gasteiger partial charge is 0.0644 e. The summed E-state index contributed by atoms with van der Waals surface area (Å²) in [5.41, 5.74) is 1.24. The van der Waals surface area contributed by atoms with E-state index in [9.17, 15) is 0 Å². The van der Waals surface area contributed by atoms with E-state index < -0.39 is 0 Å². The van der Waals surface area contributed by atoms with Crippen LogP contribution in [0.1, 0.15) is 15.8 Å². The van der Waals surface area contributed by atoms with Gasteiger partial charge in [-0.25, -0.2) is 0 Å². The van der Waals surface area contributed by atoms with Crippen molar-refractivity contribution in [1.29, 1.82) is 0 Å². The predicted octanol–water partition coefficient (Wildman–Crippen LogP) is 4.99. The van der Waals surface area contributed by atoms with E-state index in [-0.39, 0.29) is 5.38 Å². The Bertz CT molecular complexity index is 437. The number of thioether (sulfide) groups is 1. The van der Waals surface area contributed by atoms with Gasteiger partial charge in [0.1, 0.15) is 0 Å². The Morgan fingerprint density at radius 1 is 1.25 bits per heavy atom. The molecule has 0 radical (unpaired) electrons. The zero-order valence-electron chi connectivity index (χ0n) is 9.02. The van der Waals surface area contributed by atoms with Crippen molar-refractivity contribution in [2.24, 2.45) is 0 Å². The van der Waals surface area contributed by atoms with Crippen molar-refractivity contribution >= 4 is 34.7 Å². The Kier molecular flexibility index (Phi) is 4.33. The Morgan fingerprint density at radius 3 is 2.75 bits per heavy atom. The summed E-state index contributed by atoms with van der Waals surface area (Å²) in [6.07, 6.45) is 3.00. The maximum Gasteiger partial charge on any atom is 0.0644 e. The second-order valence-corrected chi connectivity index (χ2v) is 5.90. The van der Waals surface area contributed by atoms with Crippen LogP contribution in [0, 0.1) is 0 Å². The highest BCUT2D eigenvalue weighted by atomic mass is 35.5. The third-order valence-corrected chi connectivity index (χ3v) is 4.54. The zero-order chi connectivity index (χ0) is 11.4. The van der Waals surface area contributed by atoms with E-state index in [0.717, 1.165) is 6.42 Å². The molecule has 84 valence electrons. The van der Waals surface area contributed by atoms with E-state index in [0.29, 0.717) is 0 Å². The number of benzene rings is 1. The molecular weight excluding hydrogens is 256 g/mol. The molecule has 16 heavy (non-hydrogen) atoms. The molecule has 0 fully saturated rings. The second kappa shape index (κ2) is 5.76. The van der Waals surface area contributed by atoms with Gasteiger partial charge in [-0.15, -0.1) is 34.7 Å². The summed E-state index contributed by atoms with van der Waals surface area (Å²) in [6.45, 7) is 0. The summed E-state index contributed by atoms with van der Waals surface area (Å²) >= 11 is 10.00. The Balaban J connectivity index is 2.17. The van der Waals surface area contributed by atoms with Crippen LogP contribution >= 0.6 is 34.7 Å². The third-order valence-electron chi connectivity index (χ3n) is 2.44. The van der Waals surface area contributed by atoms with Crippen molar-refractivity contribution in [1.82, 2.24) is 0 Å². The quantitative estimate of drug-likeness (QED) is 0.556. The third kappa shape index (κ3) is 2.82. The number of hydrogen-bond donors (Lipinski definition) is 0. The highest BCUT2D eigenvalue weighted by molar-refractivity contribution is 7.98. The van der Waals surface area contributed by atoms with E-state index in [4.69, 9.17) is 11.6 Å². The van der Waals surface area contributed by atoms with Crippen LogP contribution in [0.15, 0.2) is 46.7 Å². The fourth-order valence-corrected chi connectivity index (χ4v) is 3.57. The van der Waals surface area contributed by atoms with Crippen molar-refractivity contribution in [3.63, 3.8) is 0 Å². The summed E-state index contributed by atoms with van der Waals surface area (Å²) in [5, 5.41) is 2.17. The van der Waals surface area contributed by atoms with Crippen LogP contribution in [-0.4, -0.2) is 6.26 Å². The van der Waals surface area contributed by atoms with E-state index in [2.05, 4.69) is 48.0 Å². The van der Waals surface area contributed by atoms with Gasteiger partial charge in [-0.2, -0.15) is 0 Å². The Labute approximate surface area is 110 Å². The molecule has 0 aliphatic rings. The molecule has 0 N–H and O–H groups in total. The lowest BCUT2D eigenvalue weighted by Crippen LogP contribution is -1.96. The predicted molar refractivity (Wildman–Crippen MR) is 74.8 cm³/mol. The van der Waals surface area contributed by atoms with Gasteiger partial charge in [-0.1, -0.05) is 24.3 Å². The van der Waals surface area contributed by atoms with Gasteiger partial charge >= 0.3 is 0 Å². The highest BCUT2D eigenvalue weighted by Gasteiger charge is 2.12. The Hall–Kier alpha value is -0.440. The van der Waals surface area contributed by atoms with Crippen molar-refractivity contribution < 1.29 is 0 Å². The fraction of sp³-hybridized carbons (Fsp3) is 0.231. The van der Waals surface area contributed by atoms with E-state index in [1.807, 2.05) is 0 Å². The normalized spacial score (nSPS) is 12.6. The lowest BCUT2D eigenvalue weighted by Gasteiger charge is -2.12. The first-order valence-electron chi connectivity index (χ1n) is 5.10. The summed E-state index contributed by atoms with van der Waals surface area (Å²) in [5.74, 6) is 0. The fourth-order valence-electron chi connectivity index (χ4n) is 1.64. The average Bonchev–Trinajstić information content (AvgIpc) is 2.81. The molecule has 1 atom stereocenters. The van der Waals surface area contributed by atoms with Gasteiger partial charge in [0.2, 0.25) is 0 Å². The number of alkyl halides is 1.